The molecule has 0 spiro atoms. The third kappa shape index (κ3) is 2.36. The SMILES string of the molecule is CCc1nn(C)c2c1nc(CCl)n2CC1CCCS1(=O)=O. The smallest absolute Gasteiger partial charge is 0.158 e. The molecule has 2 aromatic rings. The van der Waals surface area contributed by atoms with E-state index in [1.54, 1.807) is 4.68 Å². The van der Waals surface area contributed by atoms with Gasteiger partial charge in [0.05, 0.1) is 22.6 Å². The highest BCUT2D eigenvalue weighted by Crippen LogP contribution is 2.26. The van der Waals surface area contributed by atoms with Crippen LogP contribution in [-0.2, 0) is 35.7 Å². The van der Waals surface area contributed by atoms with E-state index in [0.717, 1.165) is 35.5 Å². The molecule has 3 heterocycles. The highest BCUT2D eigenvalue weighted by molar-refractivity contribution is 7.92. The zero-order chi connectivity index (χ0) is 15.2. The summed E-state index contributed by atoms with van der Waals surface area (Å²) in [4.78, 5) is 4.57. The molecular weight excluding hydrogens is 312 g/mol. The van der Waals surface area contributed by atoms with E-state index >= 15 is 0 Å². The number of nitrogens with zero attached hydrogens (tertiary/aromatic N) is 4. The van der Waals surface area contributed by atoms with Crippen molar-refractivity contribution in [3.63, 3.8) is 0 Å². The number of rotatable bonds is 4. The van der Waals surface area contributed by atoms with Crippen molar-refractivity contribution >= 4 is 32.6 Å². The number of halogens is 1. The molecule has 0 aliphatic carbocycles. The van der Waals surface area contributed by atoms with E-state index in [4.69, 9.17) is 11.6 Å². The zero-order valence-electron chi connectivity index (χ0n) is 12.2. The van der Waals surface area contributed by atoms with Gasteiger partial charge in [0.1, 0.15) is 11.3 Å². The quantitative estimate of drug-likeness (QED) is 0.799. The highest BCUT2D eigenvalue weighted by Gasteiger charge is 2.33. The topological polar surface area (TPSA) is 69.8 Å². The fourth-order valence-electron chi connectivity index (χ4n) is 3.09. The monoisotopic (exact) mass is 330 g/mol. The van der Waals surface area contributed by atoms with Crippen LogP contribution >= 0.6 is 11.6 Å². The molecule has 1 fully saturated rings. The Bertz CT molecular complexity index is 778. The maximum Gasteiger partial charge on any atom is 0.158 e. The van der Waals surface area contributed by atoms with Crippen LogP contribution in [0.3, 0.4) is 0 Å². The van der Waals surface area contributed by atoms with Gasteiger partial charge in [-0.2, -0.15) is 5.10 Å². The Kier molecular flexibility index (Phi) is 3.73. The first-order chi connectivity index (χ1) is 9.97. The molecule has 0 radical (unpaired) electrons. The van der Waals surface area contributed by atoms with Crippen molar-refractivity contribution in [1.82, 2.24) is 19.3 Å². The van der Waals surface area contributed by atoms with Gasteiger partial charge in [0.25, 0.3) is 0 Å². The summed E-state index contributed by atoms with van der Waals surface area (Å²) in [5.41, 5.74) is 2.63. The van der Waals surface area contributed by atoms with Crippen LogP contribution < -0.4 is 0 Å². The summed E-state index contributed by atoms with van der Waals surface area (Å²) in [6.45, 7) is 2.45. The van der Waals surface area contributed by atoms with Crippen LogP contribution in [-0.4, -0.2) is 38.8 Å². The van der Waals surface area contributed by atoms with Gasteiger partial charge in [-0.25, -0.2) is 13.4 Å². The summed E-state index contributed by atoms with van der Waals surface area (Å²) < 4.78 is 27.9. The van der Waals surface area contributed by atoms with Gasteiger partial charge in [0.2, 0.25) is 0 Å². The molecular formula is C13H19ClN4O2S. The molecule has 0 N–H and O–H groups in total. The average molecular weight is 331 g/mol. The second-order valence-corrected chi connectivity index (χ2v) is 8.17. The molecule has 1 atom stereocenters. The van der Waals surface area contributed by atoms with Gasteiger partial charge in [0.15, 0.2) is 15.5 Å². The van der Waals surface area contributed by atoms with E-state index in [9.17, 15) is 8.42 Å². The van der Waals surface area contributed by atoms with Crippen molar-refractivity contribution in [3.05, 3.63) is 11.5 Å². The van der Waals surface area contributed by atoms with Crippen LogP contribution in [0.4, 0.5) is 0 Å². The zero-order valence-corrected chi connectivity index (χ0v) is 13.8. The first kappa shape index (κ1) is 14.8. The molecule has 1 aliphatic rings. The van der Waals surface area contributed by atoms with Crippen LogP contribution in [0.1, 0.15) is 31.3 Å². The molecule has 21 heavy (non-hydrogen) atoms. The standard InChI is InChI=1S/C13H19ClN4O2S/c1-3-10-12-13(17(2)16-10)18(11(7-14)15-12)8-9-5-4-6-21(9,19)20/h9H,3-8H2,1-2H3. The van der Waals surface area contributed by atoms with Crippen LogP contribution in [0, 0.1) is 0 Å². The first-order valence-corrected chi connectivity index (χ1v) is 9.41. The number of alkyl halides is 1. The lowest BCUT2D eigenvalue weighted by Crippen LogP contribution is -2.23. The van der Waals surface area contributed by atoms with E-state index in [2.05, 4.69) is 10.1 Å². The summed E-state index contributed by atoms with van der Waals surface area (Å²) >= 11 is 6.00. The lowest BCUT2D eigenvalue weighted by molar-refractivity contribution is 0.560. The minimum absolute atomic E-state index is 0.268. The molecule has 2 aromatic heterocycles. The van der Waals surface area contributed by atoms with Gasteiger partial charge in [0, 0.05) is 13.6 Å². The normalized spacial score (nSPS) is 21.4. The lowest BCUT2D eigenvalue weighted by atomic mass is 10.2. The Balaban J connectivity index is 2.10. The predicted octanol–water partition coefficient (Wildman–Crippen LogP) is 1.65. The second-order valence-electron chi connectivity index (χ2n) is 5.50. The number of imidazole rings is 1. The van der Waals surface area contributed by atoms with Crippen LogP contribution in [0.5, 0.6) is 0 Å². The van der Waals surface area contributed by atoms with Crippen molar-refractivity contribution in [2.24, 2.45) is 7.05 Å². The van der Waals surface area contributed by atoms with Crippen LogP contribution in [0.2, 0.25) is 0 Å². The van der Waals surface area contributed by atoms with Crippen LogP contribution in [0.25, 0.3) is 11.2 Å². The summed E-state index contributed by atoms with van der Waals surface area (Å²) in [6, 6.07) is 0. The summed E-state index contributed by atoms with van der Waals surface area (Å²) in [5.74, 6) is 1.28. The Morgan fingerprint density at radius 1 is 1.43 bits per heavy atom. The van der Waals surface area contributed by atoms with Crippen molar-refractivity contribution in [3.8, 4) is 0 Å². The molecule has 1 unspecified atom stereocenters. The van der Waals surface area contributed by atoms with Gasteiger partial charge in [-0.15, -0.1) is 11.6 Å². The molecule has 3 rings (SSSR count). The first-order valence-electron chi connectivity index (χ1n) is 7.16. The molecule has 1 aliphatic heterocycles. The van der Waals surface area contributed by atoms with E-state index in [0.29, 0.717) is 13.0 Å². The molecule has 6 nitrogen and oxygen atoms in total. The predicted molar refractivity (Wildman–Crippen MR) is 82.2 cm³/mol. The number of aryl methyl sites for hydroxylation is 2. The van der Waals surface area contributed by atoms with Gasteiger partial charge < -0.3 is 4.57 Å². The Hall–Kier alpha value is -1.08. The molecule has 0 amide bonds. The molecule has 0 bridgehead atoms. The maximum absolute atomic E-state index is 12.1. The van der Waals surface area contributed by atoms with Crippen molar-refractivity contribution < 1.29 is 8.42 Å². The molecule has 8 heteroatoms. The molecule has 116 valence electrons. The Morgan fingerprint density at radius 3 is 2.76 bits per heavy atom. The van der Waals surface area contributed by atoms with E-state index in [1.807, 2.05) is 18.5 Å². The van der Waals surface area contributed by atoms with Gasteiger partial charge in [-0.3, -0.25) is 4.68 Å². The van der Waals surface area contributed by atoms with Gasteiger partial charge in [-0.05, 0) is 19.3 Å². The lowest BCUT2D eigenvalue weighted by Gasteiger charge is -2.13. The number of fused-ring (bicyclic) bond motifs is 1. The van der Waals surface area contributed by atoms with E-state index in [-0.39, 0.29) is 16.9 Å². The number of aromatic nitrogens is 4. The number of sulfone groups is 1. The van der Waals surface area contributed by atoms with Gasteiger partial charge >= 0.3 is 0 Å². The number of hydrogen-bond acceptors (Lipinski definition) is 4. The average Bonchev–Trinajstić information content (AvgIpc) is 3.06. The largest absolute Gasteiger partial charge is 0.311 e. The third-order valence-electron chi connectivity index (χ3n) is 4.17. The van der Waals surface area contributed by atoms with Crippen molar-refractivity contribution in [2.45, 2.75) is 43.9 Å². The van der Waals surface area contributed by atoms with Gasteiger partial charge in [-0.1, -0.05) is 6.92 Å². The third-order valence-corrected chi connectivity index (χ3v) is 6.67. The van der Waals surface area contributed by atoms with Crippen molar-refractivity contribution in [2.75, 3.05) is 5.75 Å². The second kappa shape index (κ2) is 5.28. The number of hydrogen-bond donors (Lipinski definition) is 0. The summed E-state index contributed by atoms with van der Waals surface area (Å²) in [5, 5.41) is 4.12. The fourth-order valence-corrected chi connectivity index (χ4v) is 5.09. The minimum atomic E-state index is -2.99. The molecule has 0 aromatic carbocycles. The minimum Gasteiger partial charge on any atom is -0.311 e. The van der Waals surface area contributed by atoms with Crippen molar-refractivity contribution in [1.29, 1.82) is 0 Å². The summed E-state index contributed by atoms with van der Waals surface area (Å²) in [6.07, 6.45) is 2.24. The summed E-state index contributed by atoms with van der Waals surface area (Å²) in [7, 11) is -1.13. The molecule has 1 saturated heterocycles. The molecule has 0 saturated carbocycles. The highest BCUT2D eigenvalue weighted by atomic mass is 35.5. The van der Waals surface area contributed by atoms with Crippen LogP contribution in [0.15, 0.2) is 0 Å². The Morgan fingerprint density at radius 2 is 2.19 bits per heavy atom. The fraction of sp³-hybridized carbons (Fsp3) is 0.692. The van der Waals surface area contributed by atoms with E-state index < -0.39 is 9.84 Å². The Labute approximate surface area is 129 Å². The van der Waals surface area contributed by atoms with E-state index in [1.165, 1.54) is 0 Å². The maximum atomic E-state index is 12.1.